The van der Waals surface area contributed by atoms with E-state index >= 15 is 0 Å². The monoisotopic (exact) mass is 282 g/mol. The highest BCUT2D eigenvalue weighted by molar-refractivity contribution is 6.10. The van der Waals surface area contributed by atoms with Gasteiger partial charge in [-0.3, -0.25) is 4.79 Å². The normalized spacial score (nSPS) is 11.0. The Morgan fingerprint density at radius 3 is 2.38 bits per heavy atom. The van der Waals surface area contributed by atoms with Crippen LogP contribution in [0.5, 0.6) is 0 Å². The zero-order valence-electron chi connectivity index (χ0n) is 12.2. The number of carboxylic acids is 1. The van der Waals surface area contributed by atoms with Crippen molar-refractivity contribution in [2.45, 2.75) is 20.8 Å². The van der Waals surface area contributed by atoms with Gasteiger partial charge >= 0.3 is 0 Å². The molecule has 4 nitrogen and oxygen atoms in total. The van der Waals surface area contributed by atoms with Gasteiger partial charge in [0, 0.05) is 11.3 Å². The van der Waals surface area contributed by atoms with Crippen molar-refractivity contribution in [2.75, 3.05) is 0 Å². The number of rotatable bonds is 4. The van der Waals surface area contributed by atoms with Crippen LogP contribution in [-0.4, -0.2) is 16.7 Å². The number of aromatic nitrogens is 1. The van der Waals surface area contributed by atoms with E-state index in [1.807, 2.05) is 31.2 Å². The molecule has 1 aromatic carbocycles. The number of hydrogen-bond acceptors (Lipinski definition) is 3. The summed E-state index contributed by atoms with van der Waals surface area (Å²) in [5, 5.41) is 11.0. The van der Waals surface area contributed by atoms with Crippen LogP contribution in [0.15, 0.2) is 30.3 Å². The van der Waals surface area contributed by atoms with Crippen molar-refractivity contribution in [1.82, 2.24) is 4.98 Å². The van der Waals surface area contributed by atoms with Crippen LogP contribution in [0.25, 0.3) is 6.08 Å². The standard InChI is InChI=1S/C17H17NO3/c1-10-6-4-5-7-13(10)8-9-14(19)15-11(2)16(17(20)21)18-12(15)3/h4-9,18H,1-3H3,(H,20,21)/p-1/b9-8+. The Kier molecular flexibility index (Phi) is 4.08. The summed E-state index contributed by atoms with van der Waals surface area (Å²) < 4.78 is 0. The molecule has 2 aromatic rings. The molecule has 0 fully saturated rings. The topological polar surface area (TPSA) is 73.0 Å². The van der Waals surface area contributed by atoms with E-state index in [1.165, 1.54) is 6.08 Å². The van der Waals surface area contributed by atoms with E-state index in [4.69, 9.17) is 0 Å². The number of carbonyl (C=O) groups is 2. The molecule has 0 aliphatic rings. The molecule has 2 rings (SSSR count). The van der Waals surface area contributed by atoms with Crippen LogP contribution in [0.1, 0.15) is 43.2 Å². The van der Waals surface area contributed by atoms with Crippen molar-refractivity contribution in [3.05, 3.63) is 64.0 Å². The number of carboxylic acid groups (broad SMARTS) is 1. The minimum Gasteiger partial charge on any atom is -0.543 e. The van der Waals surface area contributed by atoms with Gasteiger partial charge in [-0.1, -0.05) is 30.3 Å². The second-order valence-corrected chi connectivity index (χ2v) is 4.97. The van der Waals surface area contributed by atoms with Crippen LogP contribution in [0.2, 0.25) is 0 Å². The number of ketones is 1. The number of H-pyrrole nitrogens is 1. The second-order valence-electron chi connectivity index (χ2n) is 4.97. The third kappa shape index (κ3) is 2.94. The minimum absolute atomic E-state index is 0.0415. The quantitative estimate of drug-likeness (QED) is 0.690. The summed E-state index contributed by atoms with van der Waals surface area (Å²) in [6.07, 6.45) is 3.20. The zero-order valence-corrected chi connectivity index (χ0v) is 12.2. The molecular weight excluding hydrogens is 266 g/mol. The lowest BCUT2D eigenvalue weighted by Crippen LogP contribution is -2.23. The van der Waals surface area contributed by atoms with E-state index in [0.717, 1.165) is 11.1 Å². The molecule has 0 atom stereocenters. The van der Waals surface area contributed by atoms with Gasteiger partial charge in [0.1, 0.15) is 0 Å². The highest BCUT2D eigenvalue weighted by Crippen LogP contribution is 2.19. The van der Waals surface area contributed by atoms with Crippen LogP contribution < -0.4 is 5.11 Å². The molecule has 0 spiro atoms. The molecule has 0 radical (unpaired) electrons. The van der Waals surface area contributed by atoms with Crippen LogP contribution in [0, 0.1) is 20.8 Å². The van der Waals surface area contributed by atoms with Gasteiger partial charge in [0.15, 0.2) is 5.78 Å². The third-order valence-electron chi connectivity index (χ3n) is 3.49. The molecule has 0 aliphatic carbocycles. The molecule has 0 saturated carbocycles. The first-order chi connectivity index (χ1) is 9.91. The van der Waals surface area contributed by atoms with E-state index in [2.05, 4.69) is 4.98 Å². The minimum atomic E-state index is -1.31. The molecule has 4 heteroatoms. The number of allylic oxidation sites excluding steroid dienone is 1. The van der Waals surface area contributed by atoms with Crippen LogP contribution in [-0.2, 0) is 0 Å². The molecule has 108 valence electrons. The molecule has 0 bridgehead atoms. The van der Waals surface area contributed by atoms with Crippen LogP contribution >= 0.6 is 0 Å². The first kappa shape index (κ1) is 14.8. The molecule has 1 aromatic heterocycles. The van der Waals surface area contributed by atoms with Gasteiger partial charge in [0.05, 0.1) is 11.7 Å². The lowest BCUT2D eigenvalue weighted by atomic mass is 10.0. The summed E-state index contributed by atoms with van der Waals surface area (Å²) in [5.74, 6) is -1.53. The van der Waals surface area contributed by atoms with Crippen LogP contribution in [0.3, 0.4) is 0 Å². The Bertz CT molecular complexity index is 738. The van der Waals surface area contributed by atoms with E-state index in [1.54, 1.807) is 19.9 Å². The van der Waals surface area contributed by atoms with Gasteiger partial charge in [0.25, 0.3) is 0 Å². The lowest BCUT2D eigenvalue weighted by Gasteiger charge is -2.01. The van der Waals surface area contributed by atoms with E-state index in [0.29, 0.717) is 16.8 Å². The number of aromatic amines is 1. The molecule has 1 heterocycles. The van der Waals surface area contributed by atoms with Crippen LogP contribution in [0.4, 0.5) is 0 Å². The number of hydrogen-bond donors (Lipinski definition) is 1. The summed E-state index contributed by atoms with van der Waals surface area (Å²) in [6, 6.07) is 7.72. The average molecular weight is 282 g/mol. The van der Waals surface area contributed by atoms with Crippen molar-refractivity contribution in [1.29, 1.82) is 0 Å². The Morgan fingerprint density at radius 2 is 1.81 bits per heavy atom. The number of aryl methyl sites for hydroxylation is 2. The van der Waals surface area contributed by atoms with Gasteiger partial charge in [-0.2, -0.15) is 0 Å². The van der Waals surface area contributed by atoms with Gasteiger partial charge < -0.3 is 14.9 Å². The van der Waals surface area contributed by atoms with Gasteiger partial charge in [0.2, 0.25) is 0 Å². The first-order valence-electron chi connectivity index (χ1n) is 6.60. The van der Waals surface area contributed by atoms with Crippen molar-refractivity contribution >= 4 is 17.8 Å². The maximum atomic E-state index is 12.3. The predicted molar refractivity (Wildman–Crippen MR) is 79.1 cm³/mol. The molecule has 1 N–H and O–H groups in total. The maximum Gasteiger partial charge on any atom is 0.187 e. The number of aromatic carboxylic acids is 1. The van der Waals surface area contributed by atoms with Gasteiger partial charge in [-0.05, 0) is 43.5 Å². The molecular formula is C17H16NO3-. The second kappa shape index (κ2) is 5.79. The fraction of sp³-hybridized carbons (Fsp3) is 0.176. The third-order valence-corrected chi connectivity index (χ3v) is 3.49. The first-order valence-corrected chi connectivity index (χ1v) is 6.60. The summed E-state index contributed by atoms with van der Waals surface area (Å²) >= 11 is 0. The van der Waals surface area contributed by atoms with Crippen molar-refractivity contribution < 1.29 is 14.7 Å². The Hall–Kier alpha value is -2.62. The molecule has 0 aliphatic heterocycles. The SMILES string of the molecule is Cc1ccccc1/C=C/C(=O)c1c(C)[nH]c(C(=O)[O-])c1C. The summed E-state index contributed by atoms with van der Waals surface area (Å²) in [6.45, 7) is 5.24. The average Bonchev–Trinajstić information content (AvgIpc) is 2.73. The molecule has 21 heavy (non-hydrogen) atoms. The largest absolute Gasteiger partial charge is 0.543 e. The molecule has 0 unspecified atom stereocenters. The fourth-order valence-corrected chi connectivity index (χ4v) is 2.35. The number of carbonyl (C=O) groups excluding carboxylic acids is 2. The van der Waals surface area contributed by atoms with E-state index in [-0.39, 0.29) is 11.5 Å². The molecule has 0 amide bonds. The lowest BCUT2D eigenvalue weighted by molar-refractivity contribution is -0.255. The fourth-order valence-electron chi connectivity index (χ4n) is 2.35. The van der Waals surface area contributed by atoms with E-state index in [9.17, 15) is 14.7 Å². The van der Waals surface area contributed by atoms with Crippen molar-refractivity contribution in [2.24, 2.45) is 0 Å². The summed E-state index contributed by atoms with van der Waals surface area (Å²) in [7, 11) is 0. The summed E-state index contributed by atoms with van der Waals surface area (Å²) in [4.78, 5) is 25.9. The Morgan fingerprint density at radius 1 is 1.14 bits per heavy atom. The van der Waals surface area contributed by atoms with Crippen molar-refractivity contribution in [3.8, 4) is 0 Å². The predicted octanol–water partition coefficient (Wildman–Crippen LogP) is 2.20. The Balaban J connectivity index is 2.34. The summed E-state index contributed by atoms with van der Waals surface area (Å²) in [5.41, 5.74) is 3.31. The highest BCUT2D eigenvalue weighted by atomic mass is 16.4. The maximum absolute atomic E-state index is 12.3. The van der Waals surface area contributed by atoms with E-state index < -0.39 is 5.97 Å². The Labute approximate surface area is 123 Å². The zero-order chi connectivity index (χ0) is 15.6. The molecule has 0 saturated heterocycles. The number of nitrogens with one attached hydrogen (secondary N) is 1. The highest BCUT2D eigenvalue weighted by Gasteiger charge is 2.16. The smallest absolute Gasteiger partial charge is 0.187 e. The van der Waals surface area contributed by atoms with Gasteiger partial charge in [-0.25, -0.2) is 0 Å². The number of benzene rings is 1. The van der Waals surface area contributed by atoms with Gasteiger partial charge in [-0.15, -0.1) is 0 Å². The van der Waals surface area contributed by atoms with Crippen molar-refractivity contribution in [3.63, 3.8) is 0 Å².